The van der Waals surface area contributed by atoms with E-state index in [1.54, 1.807) is 13.3 Å². The predicted molar refractivity (Wildman–Crippen MR) is 99.2 cm³/mol. The van der Waals surface area contributed by atoms with Crippen LogP contribution < -0.4 is 20.3 Å². The van der Waals surface area contributed by atoms with Gasteiger partial charge in [-0.05, 0) is 43.0 Å². The second kappa shape index (κ2) is 8.37. The van der Waals surface area contributed by atoms with Crippen LogP contribution in [0, 0.1) is 5.92 Å². The molecule has 0 bridgehead atoms. The van der Waals surface area contributed by atoms with Gasteiger partial charge in [-0.15, -0.1) is 0 Å². The molecule has 6 heteroatoms. The Hall–Kier alpha value is -2.76. The monoisotopic (exact) mass is 340 g/mol. The number of nitrogens with zero attached hydrogens (tertiary/aromatic N) is 2. The van der Waals surface area contributed by atoms with Gasteiger partial charge in [0.15, 0.2) is 0 Å². The molecule has 0 atom stereocenters. The second-order valence-corrected chi connectivity index (χ2v) is 6.18. The molecule has 1 saturated heterocycles. The summed E-state index contributed by atoms with van der Waals surface area (Å²) >= 11 is 0. The first-order valence-electron chi connectivity index (χ1n) is 8.59. The quantitative estimate of drug-likeness (QED) is 0.878. The lowest BCUT2D eigenvalue weighted by Gasteiger charge is -2.33. The van der Waals surface area contributed by atoms with E-state index in [1.165, 1.54) is 5.69 Å². The van der Waals surface area contributed by atoms with Gasteiger partial charge in [0.05, 0.1) is 24.7 Å². The Labute approximate surface area is 148 Å². The van der Waals surface area contributed by atoms with Crippen LogP contribution in [-0.2, 0) is 0 Å². The molecular weight excluding hydrogens is 316 g/mol. The SMILES string of the molecule is COc1ccccc1NC(=O)NCC1CCN(c2cccnc2)CC1. The Kier molecular flexibility index (Phi) is 5.72. The van der Waals surface area contributed by atoms with E-state index in [0.717, 1.165) is 25.9 Å². The molecule has 0 aliphatic carbocycles. The number of nitrogens with one attached hydrogen (secondary N) is 2. The van der Waals surface area contributed by atoms with Crippen LogP contribution >= 0.6 is 0 Å². The summed E-state index contributed by atoms with van der Waals surface area (Å²) in [5, 5.41) is 5.81. The topological polar surface area (TPSA) is 66.5 Å². The molecule has 1 aliphatic rings. The van der Waals surface area contributed by atoms with Gasteiger partial charge in [-0.2, -0.15) is 0 Å². The van der Waals surface area contributed by atoms with E-state index in [-0.39, 0.29) is 6.03 Å². The highest BCUT2D eigenvalue weighted by Crippen LogP contribution is 2.23. The molecule has 2 N–H and O–H groups in total. The van der Waals surface area contributed by atoms with Crippen LogP contribution in [0.5, 0.6) is 5.75 Å². The number of methoxy groups -OCH3 is 1. The van der Waals surface area contributed by atoms with E-state index < -0.39 is 0 Å². The lowest BCUT2D eigenvalue weighted by Crippen LogP contribution is -2.39. The maximum atomic E-state index is 12.1. The number of piperidine rings is 1. The van der Waals surface area contributed by atoms with E-state index in [9.17, 15) is 4.79 Å². The summed E-state index contributed by atoms with van der Waals surface area (Å²) in [4.78, 5) is 18.6. The lowest BCUT2D eigenvalue weighted by molar-refractivity contribution is 0.248. The summed E-state index contributed by atoms with van der Waals surface area (Å²) in [6.07, 6.45) is 5.81. The van der Waals surface area contributed by atoms with E-state index in [1.807, 2.05) is 36.5 Å². The number of carbonyl (C=O) groups is 1. The summed E-state index contributed by atoms with van der Waals surface area (Å²) in [5.74, 6) is 1.15. The molecular formula is C19H24N4O2. The molecule has 1 aromatic carbocycles. The summed E-state index contributed by atoms with van der Waals surface area (Å²) in [7, 11) is 1.59. The highest BCUT2D eigenvalue weighted by Gasteiger charge is 2.20. The van der Waals surface area contributed by atoms with Crippen molar-refractivity contribution >= 4 is 17.4 Å². The number of urea groups is 1. The first-order chi connectivity index (χ1) is 12.3. The summed E-state index contributed by atoms with van der Waals surface area (Å²) in [5.41, 5.74) is 1.84. The van der Waals surface area contributed by atoms with Crippen molar-refractivity contribution in [2.45, 2.75) is 12.8 Å². The van der Waals surface area contributed by atoms with Crippen molar-refractivity contribution in [3.8, 4) is 5.75 Å². The number of amides is 2. The zero-order chi connectivity index (χ0) is 17.5. The van der Waals surface area contributed by atoms with Crippen LogP contribution in [0.1, 0.15) is 12.8 Å². The number of para-hydroxylation sites is 2. The standard InChI is InChI=1S/C19H24N4O2/c1-25-18-7-3-2-6-17(18)22-19(24)21-13-15-8-11-23(12-9-15)16-5-4-10-20-14-16/h2-7,10,14-15H,8-9,11-13H2,1H3,(H2,21,22,24). The Morgan fingerprint density at radius 1 is 1.24 bits per heavy atom. The molecule has 2 amide bonds. The minimum atomic E-state index is -0.195. The zero-order valence-electron chi connectivity index (χ0n) is 14.4. The molecule has 1 fully saturated rings. The third-order valence-corrected chi connectivity index (χ3v) is 4.53. The van der Waals surface area contributed by atoms with Crippen molar-refractivity contribution < 1.29 is 9.53 Å². The van der Waals surface area contributed by atoms with E-state index in [0.29, 0.717) is 23.9 Å². The van der Waals surface area contributed by atoms with Gasteiger partial charge in [0.2, 0.25) is 0 Å². The highest BCUT2D eigenvalue weighted by atomic mass is 16.5. The molecule has 1 aromatic heterocycles. The fourth-order valence-corrected chi connectivity index (χ4v) is 3.09. The van der Waals surface area contributed by atoms with Crippen LogP contribution in [0.15, 0.2) is 48.8 Å². The fourth-order valence-electron chi connectivity index (χ4n) is 3.09. The maximum absolute atomic E-state index is 12.1. The first-order valence-corrected chi connectivity index (χ1v) is 8.59. The number of pyridine rings is 1. The Bertz CT molecular complexity index is 685. The molecule has 1 aliphatic heterocycles. The van der Waals surface area contributed by atoms with Crippen LogP contribution in [0.3, 0.4) is 0 Å². The predicted octanol–water partition coefficient (Wildman–Crippen LogP) is 3.13. The van der Waals surface area contributed by atoms with E-state index in [4.69, 9.17) is 4.74 Å². The Balaban J connectivity index is 1.43. The average molecular weight is 340 g/mol. The van der Waals surface area contributed by atoms with Gasteiger partial charge in [-0.3, -0.25) is 4.98 Å². The van der Waals surface area contributed by atoms with E-state index >= 15 is 0 Å². The molecule has 2 aromatic rings. The van der Waals surface area contributed by atoms with Crippen molar-refractivity contribution in [1.82, 2.24) is 10.3 Å². The number of anilines is 2. The third-order valence-electron chi connectivity index (χ3n) is 4.53. The third kappa shape index (κ3) is 4.62. The summed E-state index contributed by atoms with van der Waals surface area (Å²) in [6.45, 7) is 2.67. The maximum Gasteiger partial charge on any atom is 0.319 e. The first kappa shape index (κ1) is 17.1. The van der Waals surface area contributed by atoms with Gasteiger partial charge in [0.1, 0.15) is 5.75 Å². The Morgan fingerprint density at radius 2 is 2.04 bits per heavy atom. The van der Waals surface area contributed by atoms with Crippen molar-refractivity contribution in [2.24, 2.45) is 5.92 Å². The van der Waals surface area contributed by atoms with Crippen molar-refractivity contribution in [3.05, 3.63) is 48.8 Å². The van der Waals surface area contributed by atoms with Crippen LogP contribution in [0.25, 0.3) is 0 Å². The second-order valence-electron chi connectivity index (χ2n) is 6.18. The number of hydrogen-bond donors (Lipinski definition) is 2. The molecule has 3 rings (SSSR count). The van der Waals surface area contributed by atoms with Crippen molar-refractivity contribution in [1.29, 1.82) is 0 Å². The minimum Gasteiger partial charge on any atom is -0.495 e. The lowest BCUT2D eigenvalue weighted by atomic mass is 9.96. The van der Waals surface area contributed by atoms with Gasteiger partial charge in [0, 0.05) is 25.8 Å². The summed E-state index contributed by atoms with van der Waals surface area (Å²) < 4.78 is 5.24. The van der Waals surface area contributed by atoms with Gasteiger partial charge < -0.3 is 20.3 Å². The number of carbonyl (C=O) groups excluding carboxylic acids is 1. The molecule has 0 saturated carbocycles. The van der Waals surface area contributed by atoms with Crippen LogP contribution in [0.2, 0.25) is 0 Å². The molecule has 2 heterocycles. The zero-order valence-corrected chi connectivity index (χ0v) is 14.4. The Morgan fingerprint density at radius 3 is 2.76 bits per heavy atom. The van der Waals surface area contributed by atoms with Crippen LogP contribution in [0.4, 0.5) is 16.2 Å². The van der Waals surface area contributed by atoms with E-state index in [2.05, 4.69) is 26.6 Å². The number of ether oxygens (including phenoxy) is 1. The minimum absolute atomic E-state index is 0.195. The molecule has 0 spiro atoms. The summed E-state index contributed by atoms with van der Waals surface area (Å²) in [6, 6.07) is 11.2. The molecule has 0 radical (unpaired) electrons. The number of hydrogen-bond acceptors (Lipinski definition) is 4. The van der Waals surface area contributed by atoms with Gasteiger partial charge in [-0.25, -0.2) is 4.79 Å². The normalized spacial score (nSPS) is 14.8. The van der Waals surface area contributed by atoms with Crippen LogP contribution in [-0.4, -0.2) is 37.8 Å². The molecule has 25 heavy (non-hydrogen) atoms. The molecule has 132 valence electrons. The van der Waals surface area contributed by atoms with Gasteiger partial charge in [-0.1, -0.05) is 12.1 Å². The van der Waals surface area contributed by atoms with Crippen molar-refractivity contribution in [3.63, 3.8) is 0 Å². The van der Waals surface area contributed by atoms with Crippen molar-refractivity contribution in [2.75, 3.05) is 37.0 Å². The molecule has 6 nitrogen and oxygen atoms in total. The largest absolute Gasteiger partial charge is 0.495 e. The molecule has 0 unspecified atom stereocenters. The highest BCUT2D eigenvalue weighted by molar-refractivity contribution is 5.90. The van der Waals surface area contributed by atoms with Gasteiger partial charge in [0.25, 0.3) is 0 Å². The average Bonchev–Trinajstić information content (AvgIpc) is 2.68. The van der Waals surface area contributed by atoms with Gasteiger partial charge >= 0.3 is 6.03 Å². The smallest absolute Gasteiger partial charge is 0.319 e. The fraction of sp³-hybridized carbons (Fsp3) is 0.368. The number of aromatic nitrogens is 1. The number of benzene rings is 1. The number of rotatable bonds is 5.